The number of aryl methyl sites for hydroxylation is 1. The van der Waals surface area contributed by atoms with Gasteiger partial charge in [-0.05, 0) is 30.2 Å². The van der Waals surface area contributed by atoms with Gasteiger partial charge in [-0.25, -0.2) is 8.42 Å². The van der Waals surface area contributed by atoms with Crippen molar-refractivity contribution in [3.63, 3.8) is 0 Å². The summed E-state index contributed by atoms with van der Waals surface area (Å²) in [5.74, 6) is 0.759. The van der Waals surface area contributed by atoms with E-state index in [1.54, 1.807) is 0 Å². The Balaban J connectivity index is 2.59. The Morgan fingerprint density at radius 1 is 1.38 bits per heavy atom. The van der Waals surface area contributed by atoms with E-state index in [1.807, 2.05) is 25.1 Å². The third-order valence-corrected chi connectivity index (χ3v) is 4.41. The molecule has 90 valence electrons. The Labute approximate surface area is 101 Å². The van der Waals surface area contributed by atoms with Crippen LogP contribution in [0.15, 0.2) is 23.1 Å². The lowest BCUT2D eigenvalue weighted by Crippen LogP contribution is -2.04. The van der Waals surface area contributed by atoms with Crippen LogP contribution in [0.25, 0.3) is 0 Å². The van der Waals surface area contributed by atoms with Crippen molar-refractivity contribution in [3.05, 3.63) is 29.3 Å². The molecule has 0 bridgehead atoms. The summed E-state index contributed by atoms with van der Waals surface area (Å²) in [6.45, 7) is 1.98. The second-order valence-electron chi connectivity index (χ2n) is 3.72. The third-order valence-electron chi connectivity index (χ3n) is 2.21. The van der Waals surface area contributed by atoms with Gasteiger partial charge in [0.05, 0.1) is 12.4 Å². The van der Waals surface area contributed by atoms with E-state index in [0.717, 1.165) is 16.0 Å². The van der Waals surface area contributed by atoms with Crippen LogP contribution in [-0.4, -0.2) is 31.3 Å². The van der Waals surface area contributed by atoms with Crippen LogP contribution >= 0.6 is 11.8 Å². The van der Waals surface area contributed by atoms with E-state index in [9.17, 15) is 8.42 Å². The van der Waals surface area contributed by atoms with Crippen molar-refractivity contribution in [2.24, 2.45) is 0 Å². The molecule has 16 heavy (non-hydrogen) atoms. The van der Waals surface area contributed by atoms with Gasteiger partial charge in [-0.1, -0.05) is 6.07 Å². The number of hydrogen-bond acceptors (Lipinski definition) is 4. The van der Waals surface area contributed by atoms with E-state index in [4.69, 9.17) is 5.11 Å². The average Bonchev–Trinajstić information content (AvgIpc) is 2.16. The second-order valence-corrected chi connectivity index (χ2v) is 7.15. The Kier molecular flexibility index (Phi) is 4.83. The number of aliphatic hydroxyl groups is 1. The lowest BCUT2D eigenvalue weighted by Gasteiger charge is -2.05. The maximum atomic E-state index is 10.9. The molecule has 0 radical (unpaired) electrons. The molecule has 0 fully saturated rings. The molecule has 0 spiro atoms. The van der Waals surface area contributed by atoms with E-state index in [2.05, 4.69) is 0 Å². The highest BCUT2D eigenvalue weighted by Crippen LogP contribution is 2.21. The standard InChI is InChI=1S/C11H16O3S2/c1-9-7-11(4-3-10(9)8-12)15-5-6-16(2,13)14/h3-4,7,12H,5-6,8H2,1-2H3. The Bertz CT molecular complexity index is 452. The average molecular weight is 260 g/mol. The van der Waals surface area contributed by atoms with Gasteiger partial charge in [0, 0.05) is 16.9 Å². The Hall–Kier alpha value is -0.520. The SMILES string of the molecule is Cc1cc(SCCS(C)(=O)=O)ccc1CO. The molecule has 0 aromatic heterocycles. The minimum Gasteiger partial charge on any atom is -0.392 e. The van der Waals surface area contributed by atoms with Crippen molar-refractivity contribution in [1.82, 2.24) is 0 Å². The van der Waals surface area contributed by atoms with Crippen molar-refractivity contribution in [2.45, 2.75) is 18.4 Å². The molecular formula is C11H16O3S2. The van der Waals surface area contributed by atoms with Gasteiger partial charge in [-0.3, -0.25) is 0 Å². The first-order valence-corrected chi connectivity index (χ1v) is 7.98. The topological polar surface area (TPSA) is 54.4 Å². The van der Waals surface area contributed by atoms with E-state index >= 15 is 0 Å². The predicted molar refractivity (Wildman–Crippen MR) is 67.5 cm³/mol. The first-order chi connectivity index (χ1) is 7.42. The number of rotatable bonds is 5. The molecule has 0 saturated carbocycles. The summed E-state index contributed by atoms with van der Waals surface area (Å²) in [5, 5.41) is 9.01. The summed E-state index contributed by atoms with van der Waals surface area (Å²) in [6, 6.07) is 5.75. The number of hydrogen-bond donors (Lipinski definition) is 1. The van der Waals surface area contributed by atoms with Gasteiger partial charge in [0.2, 0.25) is 0 Å². The van der Waals surface area contributed by atoms with Crippen LogP contribution in [-0.2, 0) is 16.4 Å². The molecule has 0 aliphatic carbocycles. The van der Waals surface area contributed by atoms with Gasteiger partial charge in [0.25, 0.3) is 0 Å². The molecule has 5 heteroatoms. The second kappa shape index (κ2) is 5.70. The molecule has 0 aliphatic rings. The number of benzene rings is 1. The third kappa shape index (κ3) is 4.55. The first-order valence-electron chi connectivity index (χ1n) is 4.93. The molecule has 0 heterocycles. The van der Waals surface area contributed by atoms with Crippen LogP contribution in [0, 0.1) is 6.92 Å². The fourth-order valence-corrected chi connectivity index (χ4v) is 3.45. The lowest BCUT2D eigenvalue weighted by atomic mass is 10.1. The summed E-state index contributed by atoms with van der Waals surface area (Å²) in [4.78, 5) is 1.04. The lowest BCUT2D eigenvalue weighted by molar-refractivity contribution is 0.281. The van der Waals surface area contributed by atoms with Crippen molar-refractivity contribution in [3.8, 4) is 0 Å². The van der Waals surface area contributed by atoms with Crippen LogP contribution in [0.1, 0.15) is 11.1 Å². The Morgan fingerprint density at radius 2 is 2.06 bits per heavy atom. The van der Waals surface area contributed by atoms with E-state index in [0.29, 0.717) is 5.75 Å². The van der Waals surface area contributed by atoms with Gasteiger partial charge in [0.15, 0.2) is 0 Å². The van der Waals surface area contributed by atoms with Crippen LogP contribution < -0.4 is 0 Å². The minimum atomic E-state index is -2.88. The summed E-state index contributed by atoms with van der Waals surface area (Å²) >= 11 is 1.52. The summed E-state index contributed by atoms with van der Waals surface area (Å²) in [7, 11) is -2.88. The summed E-state index contributed by atoms with van der Waals surface area (Å²) < 4.78 is 21.9. The van der Waals surface area contributed by atoms with E-state index in [1.165, 1.54) is 18.0 Å². The number of thioether (sulfide) groups is 1. The van der Waals surface area contributed by atoms with Gasteiger partial charge in [0.1, 0.15) is 9.84 Å². The largest absolute Gasteiger partial charge is 0.392 e. The normalized spacial score (nSPS) is 11.7. The zero-order chi connectivity index (χ0) is 12.2. The molecule has 3 nitrogen and oxygen atoms in total. The van der Waals surface area contributed by atoms with Gasteiger partial charge >= 0.3 is 0 Å². The summed E-state index contributed by atoms with van der Waals surface area (Å²) in [5.41, 5.74) is 1.94. The maximum absolute atomic E-state index is 10.9. The molecule has 1 rings (SSSR count). The van der Waals surface area contributed by atoms with Gasteiger partial charge in [-0.15, -0.1) is 11.8 Å². The van der Waals surface area contributed by atoms with Crippen LogP contribution in [0.3, 0.4) is 0 Å². The van der Waals surface area contributed by atoms with Crippen molar-refractivity contribution >= 4 is 21.6 Å². The van der Waals surface area contributed by atoms with Crippen molar-refractivity contribution in [1.29, 1.82) is 0 Å². The van der Waals surface area contributed by atoms with Crippen LogP contribution in [0.5, 0.6) is 0 Å². The zero-order valence-corrected chi connectivity index (χ0v) is 11.1. The van der Waals surface area contributed by atoms with Crippen molar-refractivity contribution in [2.75, 3.05) is 17.8 Å². The zero-order valence-electron chi connectivity index (χ0n) is 9.43. The molecule has 0 unspecified atom stereocenters. The van der Waals surface area contributed by atoms with Crippen LogP contribution in [0.4, 0.5) is 0 Å². The summed E-state index contributed by atoms with van der Waals surface area (Å²) in [6.07, 6.45) is 1.24. The molecule has 0 atom stereocenters. The first kappa shape index (κ1) is 13.5. The van der Waals surface area contributed by atoms with Gasteiger partial charge in [-0.2, -0.15) is 0 Å². The monoisotopic (exact) mass is 260 g/mol. The molecule has 1 aromatic carbocycles. The quantitative estimate of drug-likeness (QED) is 0.818. The highest BCUT2D eigenvalue weighted by Gasteiger charge is 2.04. The molecular weight excluding hydrogens is 244 g/mol. The molecule has 0 aliphatic heterocycles. The Morgan fingerprint density at radius 3 is 2.56 bits per heavy atom. The fourth-order valence-electron chi connectivity index (χ4n) is 1.25. The molecule has 0 saturated heterocycles. The van der Waals surface area contributed by atoms with E-state index < -0.39 is 9.84 Å². The number of aliphatic hydroxyl groups excluding tert-OH is 1. The fraction of sp³-hybridized carbons (Fsp3) is 0.455. The molecule has 1 N–H and O–H groups in total. The predicted octanol–water partition coefficient (Wildman–Crippen LogP) is 1.62. The van der Waals surface area contributed by atoms with Gasteiger partial charge < -0.3 is 5.11 Å². The highest BCUT2D eigenvalue weighted by molar-refractivity contribution is 8.00. The molecule has 0 amide bonds. The minimum absolute atomic E-state index is 0.0418. The maximum Gasteiger partial charge on any atom is 0.148 e. The highest BCUT2D eigenvalue weighted by atomic mass is 32.2. The van der Waals surface area contributed by atoms with Crippen molar-refractivity contribution < 1.29 is 13.5 Å². The number of sulfone groups is 1. The van der Waals surface area contributed by atoms with E-state index in [-0.39, 0.29) is 12.4 Å². The smallest absolute Gasteiger partial charge is 0.148 e. The van der Waals surface area contributed by atoms with Crippen LogP contribution in [0.2, 0.25) is 0 Å². The molecule has 1 aromatic rings.